The number of anilines is 1. The summed E-state index contributed by atoms with van der Waals surface area (Å²) in [5.41, 5.74) is 1.18. The number of halogens is 3. The van der Waals surface area contributed by atoms with Crippen LogP contribution in [0, 0.1) is 5.41 Å². The number of nitrogens with one attached hydrogen (secondary N) is 2. The fourth-order valence-electron chi connectivity index (χ4n) is 4.85. The number of carbonyl (C=O) groups is 1. The van der Waals surface area contributed by atoms with Gasteiger partial charge in [0, 0.05) is 23.6 Å². The van der Waals surface area contributed by atoms with Crippen LogP contribution < -0.4 is 10.9 Å². The maximum atomic E-state index is 13.5. The first-order valence-corrected chi connectivity index (χ1v) is 10.7. The van der Waals surface area contributed by atoms with E-state index < -0.39 is 17.7 Å². The van der Waals surface area contributed by atoms with Gasteiger partial charge in [-0.25, -0.2) is 4.68 Å². The highest BCUT2D eigenvalue weighted by Crippen LogP contribution is 2.48. The summed E-state index contributed by atoms with van der Waals surface area (Å²) in [5.74, 6) is -0.398. The summed E-state index contributed by atoms with van der Waals surface area (Å²) in [6.07, 6.45) is -3.58. The highest BCUT2D eigenvalue weighted by Gasteiger charge is 2.43. The van der Waals surface area contributed by atoms with Gasteiger partial charge in [-0.05, 0) is 41.7 Å². The van der Waals surface area contributed by atoms with E-state index in [9.17, 15) is 22.8 Å². The molecule has 170 valence electrons. The smallest absolute Gasteiger partial charge is 0.343 e. The number of allylic oxidation sites excluding steroid dienone is 2. The topological polar surface area (TPSA) is 66.9 Å². The number of rotatable bonds is 2. The monoisotopic (exact) mass is 453 g/mol. The van der Waals surface area contributed by atoms with Gasteiger partial charge in [-0.3, -0.25) is 14.7 Å². The first-order valence-electron chi connectivity index (χ1n) is 10.7. The Hall–Kier alpha value is -3.55. The number of carbonyl (C=O) groups excluding carboxylic acids is 1. The molecule has 0 amide bonds. The van der Waals surface area contributed by atoms with Crippen molar-refractivity contribution in [3.63, 3.8) is 0 Å². The van der Waals surface area contributed by atoms with Crippen LogP contribution in [0.5, 0.6) is 0 Å². The Labute approximate surface area is 187 Å². The molecular weight excluding hydrogens is 431 g/mol. The number of ketones is 1. The van der Waals surface area contributed by atoms with E-state index in [-0.39, 0.29) is 16.8 Å². The van der Waals surface area contributed by atoms with Crippen molar-refractivity contribution in [2.75, 3.05) is 5.32 Å². The molecule has 2 N–H and O–H groups in total. The fraction of sp³-hybridized carbons (Fsp3) is 0.280. The van der Waals surface area contributed by atoms with Crippen LogP contribution in [0.3, 0.4) is 0 Å². The molecule has 2 aliphatic rings. The summed E-state index contributed by atoms with van der Waals surface area (Å²) in [4.78, 5) is 26.8. The molecule has 0 unspecified atom stereocenters. The molecule has 0 spiro atoms. The second kappa shape index (κ2) is 7.23. The van der Waals surface area contributed by atoms with E-state index in [0.717, 1.165) is 12.1 Å². The van der Waals surface area contributed by atoms with Gasteiger partial charge in [-0.1, -0.05) is 44.2 Å². The van der Waals surface area contributed by atoms with Crippen molar-refractivity contribution in [2.24, 2.45) is 5.41 Å². The number of para-hydroxylation sites is 1. The molecule has 0 saturated heterocycles. The Kier molecular flexibility index (Phi) is 4.67. The van der Waals surface area contributed by atoms with E-state index in [2.05, 4.69) is 10.4 Å². The Morgan fingerprint density at radius 2 is 1.64 bits per heavy atom. The van der Waals surface area contributed by atoms with Gasteiger partial charge < -0.3 is 5.32 Å². The number of alkyl halides is 3. The molecule has 33 heavy (non-hydrogen) atoms. The third kappa shape index (κ3) is 3.59. The lowest BCUT2D eigenvalue weighted by Crippen LogP contribution is -2.35. The van der Waals surface area contributed by atoms with Gasteiger partial charge in [-0.2, -0.15) is 13.2 Å². The van der Waals surface area contributed by atoms with Crippen LogP contribution in [0.2, 0.25) is 0 Å². The Morgan fingerprint density at radius 3 is 2.27 bits per heavy atom. The maximum Gasteiger partial charge on any atom is 0.416 e. The lowest BCUT2D eigenvalue weighted by Gasteiger charge is -2.37. The van der Waals surface area contributed by atoms with Crippen LogP contribution in [-0.2, 0) is 11.0 Å². The van der Waals surface area contributed by atoms with Crippen molar-refractivity contribution in [2.45, 2.75) is 38.8 Å². The van der Waals surface area contributed by atoms with Gasteiger partial charge in [0.1, 0.15) is 5.82 Å². The second-order valence-corrected chi connectivity index (χ2v) is 9.39. The summed E-state index contributed by atoms with van der Waals surface area (Å²) >= 11 is 0. The molecular formula is C25H22F3N3O2. The summed E-state index contributed by atoms with van der Waals surface area (Å²) in [7, 11) is 0. The largest absolute Gasteiger partial charge is 0.416 e. The highest BCUT2D eigenvalue weighted by atomic mass is 19.4. The van der Waals surface area contributed by atoms with Crippen molar-refractivity contribution in [1.82, 2.24) is 9.78 Å². The molecule has 0 radical (unpaired) electrons. The number of aromatic nitrogens is 2. The van der Waals surface area contributed by atoms with E-state index in [1.54, 1.807) is 24.3 Å². The molecule has 5 nitrogen and oxygen atoms in total. The number of nitrogens with zero attached hydrogens (tertiary/aromatic N) is 1. The fourth-order valence-corrected chi connectivity index (χ4v) is 4.85. The Balaban J connectivity index is 1.71. The predicted molar refractivity (Wildman–Crippen MR) is 118 cm³/mol. The van der Waals surface area contributed by atoms with Crippen molar-refractivity contribution in [3.8, 4) is 5.69 Å². The van der Waals surface area contributed by atoms with Crippen LogP contribution in [-0.4, -0.2) is 15.6 Å². The number of aromatic amines is 1. The van der Waals surface area contributed by atoms with Gasteiger partial charge in [0.05, 0.1) is 16.8 Å². The molecule has 1 aromatic heterocycles. The first kappa shape index (κ1) is 21.3. The summed E-state index contributed by atoms with van der Waals surface area (Å²) in [5, 5.41) is 6.35. The van der Waals surface area contributed by atoms with Gasteiger partial charge in [-0.15, -0.1) is 0 Å². The third-order valence-electron chi connectivity index (χ3n) is 6.29. The SMILES string of the molecule is CC1(C)CC(=O)C2=C(C1)Nc1[nH]n(-c3ccccc3)c(=O)c1[C@@H]2c1ccc(C(F)(F)F)cc1. The van der Waals surface area contributed by atoms with Crippen LogP contribution in [0.1, 0.15) is 49.3 Å². The molecule has 1 atom stereocenters. The van der Waals surface area contributed by atoms with Crippen LogP contribution in [0.15, 0.2) is 70.7 Å². The molecule has 0 saturated carbocycles. The second-order valence-electron chi connectivity index (χ2n) is 9.39. The number of fused-ring (bicyclic) bond motifs is 1. The normalized spacial score (nSPS) is 19.7. The Bertz CT molecular complexity index is 1330. The third-order valence-corrected chi connectivity index (χ3v) is 6.29. The standard InChI is InChI=1S/C25H22F3N3O2/c1-24(2)12-17-20(18(32)13-24)19(14-8-10-15(11-9-14)25(26,27)28)21-22(29-17)30-31(23(21)33)16-6-4-3-5-7-16/h3-11,19,29-30H,12-13H2,1-2H3/t19-/m1/s1. The van der Waals surface area contributed by atoms with E-state index >= 15 is 0 Å². The zero-order chi connectivity index (χ0) is 23.5. The number of benzene rings is 2. The molecule has 0 fully saturated rings. The van der Waals surface area contributed by atoms with E-state index in [1.165, 1.54) is 16.8 Å². The van der Waals surface area contributed by atoms with Crippen molar-refractivity contribution >= 4 is 11.6 Å². The van der Waals surface area contributed by atoms with Gasteiger partial charge >= 0.3 is 6.18 Å². The van der Waals surface area contributed by atoms with E-state index in [0.29, 0.717) is 46.7 Å². The number of H-pyrrole nitrogens is 1. The minimum atomic E-state index is -4.47. The number of Topliss-reactive ketones (excluding diaryl/α,β-unsaturated/α-hetero) is 1. The average Bonchev–Trinajstić information content (AvgIpc) is 3.07. The van der Waals surface area contributed by atoms with Crippen LogP contribution in [0.4, 0.5) is 19.0 Å². The summed E-state index contributed by atoms with van der Waals surface area (Å²) < 4.78 is 40.8. The van der Waals surface area contributed by atoms with E-state index in [4.69, 9.17) is 0 Å². The van der Waals surface area contributed by atoms with Crippen molar-refractivity contribution in [3.05, 3.63) is 92.9 Å². The maximum absolute atomic E-state index is 13.5. The van der Waals surface area contributed by atoms with Crippen LogP contribution in [0.25, 0.3) is 5.69 Å². The van der Waals surface area contributed by atoms with Gasteiger partial charge in [0.15, 0.2) is 5.78 Å². The molecule has 1 aliphatic heterocycles. The summed E-state index contributed by atoms with van der Waals surface area (Å²) in [6, 6.07) is 13.7. The molecule has 8 heteroatoms. The summed E-state index contributed by atoms with van der Waals surface area (Å²) in [6.45, 7) is 3.99. The molecule has 5 rings (SSSR count). The van der Waals surface area contributed by atoms with Gasteiger partial charge in [0.25, 0.3) is 5.56 Å². The lowest BCUT2D eigenvalue weighted by molar-refractivity contribution is -0.137. The number of hydrogen-bond donors (Lipinski definition) is 2. The van der Waals surface area contributed by atoms with Crippen LogP contribution >= 0.6 is 0 Å². The molecule has 3 aromatic rings. The highest BCUT2D eigenvalue weighted by molar-refractivity contribution is 6.01. The molecule has 1 aliphatic carbocycles. The first-order chi connectivity index (χ1) is 15.5. The minimum absolute atomic E-state index is 0.101. The molecule has 0 bridgehead atoms. The lowest BCUT2D eigenvalue weighted by atomic mass is 9.69. The average molecular weight is 453 g/mol. The Morgan fingerprint density at radius 1 is 0.970 bits per heavy atom. The zero-order valence-electron chi connectivity index (χ0n) is 18.1. The predicted octanol–water partition coefficient (Wildman–Crippen LogP) is 5.39. The number of hydrogen-bond acceptors (Lipinski definition) is 3. The minimum Gasteiger partial charge on any atom is -0.343 e. The quantitative estimate of drug-likeness (QED) is 0.547. The van der Waals surface area contributed by atoms with Crippen molar-refractivity contribution in [1.29, 1.82) is 0 Å². The van der Waals surface area contributed by atoms with E-state index in [1.807, 2.05) is 19.9 Å². The molecule has 2 aromatic carbocycles. The zero-order valence-corrected chi connectivity index (χ0v) is 18.1. The van der Waals surface area contributed by atoms with Gasteiger partial charge in [0.2, 0.25) is 0 Å². The molecule has 2 heterocycles. The van der Waals surface area contributed by atoms with Crippen molar-refractivity contribution < 1.29 is 18.0 Å².